The lowest BCUT2D eigenvalue weighted by Crippen LogP contribution is -2.47. The Morgan fingerprint density at radius 1 is 1.11 bits per heavy atom. The van der Waals surface area contributed by atoms with Crippen molar-refractivity contribution in [1.82, 2.24) is 19.9 Å². The van der Waals surface area contributed by atoms with Gasteiger partial charge in [-0.05, 0) is 26.0 Å². The van der Waals surface area contributed by atoms with Crippen LogP contribution in [0.5, 0.6) is 5.75 Å². The highest BCUT2D eigenvalue weighted by atomic mass is 16.5. The normalized spacial score (nSPS) is 16.2. The Hall–Kier alpha value is -2.61. The second-order valence-corrected chi connectivity index (χ2v) is 6.85. The SMILES string of the molecule is CCOc1ccccc1N1CCN([C@@H](C)c2nc(N)nc(N(C)C)n2)CC1. The number of hydrogen-bond acceptors (Lipinski definition) is 8. The Morgan fingerprint density at radius 2 is 1.81 bits per heavy atom. The monoisotopic (exact) mass is 371 g/mol. The second-order valence-electron chi connectivity index (χ2n) is 6.85. The summed E-state index contributed by atoms with van der Waals surface area (Å²) in [5, 5.41) is 0. The molecule has 0 spiro atoms. The molecule has 1 aromatic carbocycles. The number of benzene rings is 1. The maximum Gasteiger partial charge on any atom is 0.229 e. The largest absolute Gasteiger partial charge is 0.492 e. The topological polar surface area (TPSA) is 83.6 Å². The first-order chi connectivity index (χ1) is 13.0. The van der Waals surface area contributed by atoms with E-state index in [1.165, 1.54) is 0 Å². The third-order valence-electron chi connectivity index (χ3n) is 4.80. The molecule has 8 nitrogen and oxygen atoms in total. The van der Waals surface area contributed by atoms with Crippen molar-refractivity contribution in [1.29, 1.82) is 0 Å². The number of ether oxygens (including phenoxy) is 1. The number of aromatic nitrogens is 3. The summed E-state index contributed by atoms with van der Waals surface area (Å²) in [6.45, 7) is 8.50. The third kappa shape index (κ3) is 4.39. The zero-order valence-corrected chi connectivity index (χ0v) is 16.6. The van der Waals surface area contributed by atoms with E-state index in [4.69, 9.17) is 10.5 Å². The minimum Gasteiger partial charge on any atom is -0.492 e. The van der Waals surface area contributed by atoms with E-state index in [1.807, 2.05) is 38.1 Å². The first-order valence-electron chi connectivity index (χ1n) is 9.39. The van der Waals surface area contributed by atoms with Crippen molar-refractivity contribution in [2.75, 3.05) is 62.4 Å². The first kappa shape index (κ1) is 19.2. The molecular weight excluding hydrogens is 342 g/mol. The quantitative estimate of drug-likeness (QED) is 0.823. The van der Waals surface area contributed by atoms with Crippen LogP contribution in [-0.2, 0) is 0 Å². The van der Waals surface area contributed by atoms with Gasteiger partial charge in [-0.25, -0.2) is 0 Å². The van der Waals surface area contributed by atoms with Gasteiger partial charge in [0.1, 0.15) is 5.75 Å². The van der Waals surface area contributed by atoms with Gasteiger partial charge in [0, 0.05) is 40.3 Å². The number of anilines is 3. The fraction of sp³-hybridized carbons (Fsp3) is 0.526. The van der Waals surface area contributed by atoms with Crippen molar-refractivity contribution >= 4 is 17.6 Å². The summed E-state index contributed by atoms with van der Waals surface area (Å²) in [5.41, 5.74) is 7.04. The zero-order chi connectivity index (χ0) is 19.4. The highest BCUT2D eigenvalue weighted by Gasteiger charge is 2.26. The van der Waals surface area contributed by atoms with Crippen LogP contribution in [0.1, 0.15) is 25.7 Å². The van der Waals surface area contributed by atoms with Gasteiger partial charge in [0.05, 0.1) is 18.3 Å². The fourth-order valence-corrected chi connectivity index (χ4v) is 3.29. The van der Waals surface area contributed by atoms with Crippen LogP contribution in [0, 0.1) is 0 Å². The van der Waals surface area contributed by atoms with Gasteiger partial charge in [0.25, 0.3) is 0 Å². The summed E-state index contributed by atoms with van der Waals surface area (Å²) in [7, 11) is 3.80. The van der Waals surface area contributed by atoms with Crippen LogP contribution in [0.3, 0.4) is 0 Å². The number of nitrogens with zero attached hydrogens (tertiary/aromatic N) is 6. The van der Waals surface area contributed by atoms with Crippen molar-refractivity contribution in [2.24, 2.45) is 0 Å². The van der Waals surface area contributed by atoms with Crippen LogP contribution in [0.2, 0.25) is 0 Å². The number of hydrogen-bond donors (Lipinski definition) is 1. The molecule has 0 bridgehead atoms. The van der Waals surface area contributed by atoms with Gasteiger partial charge in [-0.1, -0.05) is 12.1 Å². The number of para-hydroxylation sites is 2. The zero-order valence-electron chi connectivity index (χ0n) is 16.6. The summed E-state index contributed by atoms with van der Waals surface area (Å²) in [5.74, 6) is 2.52. The highest BCUT2D eigenvalue weighted by Crippen LogP contribution is 2.30. The van der Waals surface area contributed by atoms with Crippen molar-refractivity contribution in [2.45, 2.75) is 19.9 Å². The number of rotatable bonds is 6. The average molecular weight is 371 g/mol. The smallest absolute Gasteiger partial charge is 0.229 e. The van der Waals surface area contributed by atoms with Gasteiger partial charge in [0.2, 0.25) is 11.9 Å². The molecule has 8 heteroatoms. The Balaban J connectivity index is 1.69. The van der Waals surface area contributed by atoms with E-state index in [-0.39, 0.29) is 12.0 Å². The molecule has 146 valence electrons. The van der Waals surface area contributed by atoms with Crippen LogP contribution in [0.25, 0.3) is 0 Å². The fourth-order valence-electron chi connectivity index (χ4n) is 3.29. The minimum atomic E-state index is 0.0817. The highest BCUT2D eigenvalue weighted by molar-refractivity contribution is 5.58. The minimum absolute atomic E-state index is 0.0817. The van der Waals surface area contributed by atoms with Crippen LogP contribution in [0.15, 0.2) is 24.3 Å². The molecule has 1 aromatic heterocycles. The van der Waals surface area contributed by atoms with E-state index in [9.17, 15) is 0 Å². The third-order valence-corrected chi connectivity index (χ3v) is 4.80. The van der Waals surface area contributed by atoms with E-state index in [0.717, 1.165) is 43.4 Å². The van der Waals surface area contributed by atoms with E-state index in [1.54, 1.807) is 0 Å². The van der Waals surface area contributed by atoms with Crippen molar-refractivity contribution < 1.29 is 4.74 Å². The summed E-state index contributed by atoms with van der Waals surface area (Å²) in [4.78, 5) is 19.7. The molecule has 1 atom stereocenters. The average Bonchev–Trinajstić information content (AvgIpc) is 2.68. The standard InChI is InChI=1S/C19H29N7O/c1-5-27-16-9-7-6-8-15(16)26-12-10-25(11-13-26)14(2)17-21-18(20)23-19(22-17)24(3)4/h6-9,14H,5,10-13H2,1-4H3,(H2,20,21,22,23)/t14-/m0/s1. The molecule has 0 radical (unpaired) electrons. The predicted octanol–water partition coefficient (Wildman–Crippen LogP) is 1.80. The van der Waals surface area contributed by atoms with Crippen molar-refractivity contribution in [3.05, 3.63) is 30.1 Å². The lowest BCUT2D eigenvalue weighted by atomic mass is 10.2. The Kier molecular flexibility index (Phi) is 5.95. The van der Waals surface area contributed by atoms with E-state index >= 15 is 0 Å². The van der Waals surface area contributed by atoms with E-state index < -0.39 is 0 Å². The number of nitrogen functional groups attached to an aromatic ring is 1. The summed E-state index contributed by atoms with van der Waals surface area (Å²) < 4.78 is 5.78. The van der Waals surface area contributed by atoms with Crippen molar-refractivity contribution in [3.8, 4) is 5.75 Å². The van der Waals surface area contributed by atoms with Crippen LogP contribution in [-0.4, -0.2) is 66.7 Å². The van der Waals surface area contributed by atoms with Gasteiger partial charge in [-0.2, -0.15) is 15.0 Å². The van der Waals surface area contributed by atoms with Crippen LogP contribution >= 0.6 is 0 Å². The Bertz CT molecular complexity index is 759. The summed E-state index contributed by atoms with van der Waals surface area (Å²) in [6, 6.07) is 8.31. The lowest BCUT2D eigenvalue weighted by Gasteiger charge is -2.39. The molecule has 1 aliphatic rings. The molecule has 2 heterocycles. The molecule has 27 heavy (non-hydrogen) atoms. The van der Waals surface area contributed by atoms with E-state index in [2.05, 4.69) is 43.8 Å². The molecule has 0 amide bonds. The molecule has 1 saturated heterocycles. The molecule has 3 rings (SSSR count). The second kappa shape index (κ2) is 8.39. The van der Waals surface area contributed by atoms with Crippen molar-refractivity contribution in [3.63, 3.8) is 0 Å². The molecule has 2 aromatic rings. The molecule has 0 saturated carbocycles. The molecule has 1 fully saturated rings. The molecule has 1 aliphatic heterocycles. The summed E-state index contributed by atoms with van der Waals surface area (Å²) >= 11 is 0. The Morgan fingerprint density at radius 3 is 2.48 bits per heavy atom. The lowest BCUT2D eigenvalue weighted by molar-refractivity contribution is 0.191. The first-order valence-corrected chi connectivity index (χ1v) is 9.39. The van der Waals surface area contributed by atoms with Gasteiger partial charge in [-0.3, -0.25) is 4.90 Å². The number of piperazine rings is 1. The van der Waals surface area contributed by atoms with Crippen LogP contribution < -0.4 is 20.3 Å². The van der Waals surface area contributed by atoms with Gasteiger partial charge < -0.3 is 20.3 Å². The van der Waals surface area contributed by atoms with Gasteiger partial charge in [0.15, 0.2) is 5.82 Å². The molecular formula is C19H29N7O. The van der Waals surface area contributed by atoms with E-state index in [0.29, 0.717) is 12.6 Å². The molecule has 0 aliphatic carbocycles. The summed E-state index contributed by atoms with van der Waals surface area (Å²) in [6.07, 6.45) is 0. The predicted molar refractivity (Wildman–Crippen MR) is 108 cm³/mol. The van der Waals surface area contributed by atoms with Gasteiger partial charge in [-0.15, -0.1) is 0 Å². The van der Waals surface area contributed by atoms with Crippen LogP contribution in [0.4, 0.5) is 17.6 Å². The van der Waals surface area contributed by atoms with Gasteiger partial charge >= 0.3 is 0 Å². The maximum atomic E-state index is 5.88. The Labute approximate surface area is 161 Å². The molecule has 2 N–H and O–H groups in total. The maximum absolute atomic E-state index is 5.88. The molecule has 0 unspecified atom stereocenters. The number of nitrogens with two attached hydrogens (primary N) is 1.